The number of hydrogen-bond donors (Lipinski definition) is 2. The molecule has 1 aromatic heterocycles. The minimum Gasteiger partial charge on any atom is -0.369 e. The fraction of sp³-hybridized carbons (Fsp3) is 0.222. The Labute approximate surface area is 169 Å². The maximum atomic E-state index is 12.3. The number of hydrogen-bond acceptors (Lipinski definition) is 7. The first kappa shape index (κ1) is 19.7. The van der Waals surface area contributed by atoms with Crippen molar-refractivity contribution in [2.45, 2.75) is 21.6 Å². The van der Waals surface area contributed by atoms with Crippen LogP contribution in [0.4, 0.5) is 0 Å². The van der Waals surface area contributed by atoms with E-state index >= 15 is 0 Å². The number of nitrogens with two attached hydrogens (primary N) is 1. The molecule has 3 N–H and O–H groups in total. The third kappa shape index (κ3) is 5.44. The number of nitrogens with zero attached hydrogens (tertiary/aromatic N) is 2. The Balaban J connectivity index is 1.55. The molecule has 0 bridgehead atoms. The highest BCUT2D eigenvalue weighted by Gasteiger charge is 2.14. The van der Waals surface area contributed by atoms with Gasteiger partial charge in [-0.2, -0.15) is 0 Å². The molecule has 0 saturated heterocycles. The summed E-state index contributed by atoms with van der Waals surface area (Å²) >= 11 is 3.93. The van der Waals surface area contributed by atoms with E-state index in [2.05, 4.69) is 33.7 Å². The first-order chi connectivity index (χ1) is 13.0. The van der Waals surface area contributed by atoms with Gasteiger partial charge in [0.25, 0.3) is 0 Å². The van der Waals surface area contributed by atoms with Gasteiger partial charge in [-0.3, -0.25) is 9.59 Å². The molecule has 0 spiro atoms. The maximum absolute atomic E-state index is 12.3. The van der Waals surface area contributed by atoms with E-state index in [0.717, 1.165) is 16.3 Å². The van der Waals surface area contributed by atoms with Crippen molar-refractivity contribution in [2.24, 2.45) is 5.73 Å². The van der Waals surface area contributed by atoms with Gasteiger partial charge >= 0.3 is 0 Å². The van der Waals surface area contributed by atoms with Gasteiger partial charge in [0.2, 0.25) is 11.8 Å². The third-order valence-corrected chi connectivity index (χ3v) is 6.93. The Morgan fingerprint density at radius 2 is 1.74 bits per heavy atom. The van der Waals surface area contributed by atoms with E-state index in [9.17, 15) is 9.59 Å². The van der Waals surface area contributed by atoms with Crippen LogP contribution < -0.4 is 11.1 Å². The normalized spacial score (nSPS) is 12.0. The first-order valence-electron chi connectivity index (χ1n) is 8.17. The Kier molecular flexibility index (Phi) is 6.70. The fourth-order valence-corrected chi connectivity index (χ4v) is 5.13. The number of nitrogens with one attached hydrogen (secondary N) is 1. The number of carbonyl (C=O) groups excluding carboxylic acids is 2. The molecular formula is C18H18N4O2S3. The second-order valence-corrected chi connectivity index (χ2v) is 9.16. The maximum Gasteiger partial charge on any atom is 0.230 e. The molecule has 0 saturated carbocycles. The molecule has 1 atom stereocenters. The summed E-state index contributed by atoms with van der Waals surface area (Å²) < 4.78 is 1.36. The van der Waals surface area contributed by atoms with Gasteiger partial charge in [-0.15, -0.1) is 10.2 Å². The standard InChI is InChI=1S/C18H18N4O2S3/c1-11(13-8-4-6-12-5-2-3-7-14(12)13)20-16(24)10-26-18-22-21-17(27-18)25-9-15(19)23/h2-8,11H,9-10H2,1H3,(H2,19,23)(H,20,24). The number of aromatic nitrogens is 2. The van der Waals surface area contributed by atoms with Gasteiger partial charge < -0.3 is 11.1 Å². The van der Waals surface area contributed by atoms with Gasteiger partial charge in [0.1, 0.15) is 0 Å². The van der Waals surface area contributed by atoms with E-state index in [4.69, 9.17) is 5.73 Å². The molecule has 6 nitrogen and oxygen atoms in total. The number of amides is 2. The summed E-state index contributed by atoms with van der Waals surface area (Å²) in [5.74, 6) is -0.0415. The molecule has 0 aliphatic rings. The van der Waals surface area contributed by atoms with Gasteiger partial charge in [0, 0.05) is 0 Å². The topological polar surface area (TPSA) is 98.0 Å². The molecule has 2 amide bonds. The molecule has 1 heterocycles. The quantitative estimate of drug-likeness (QED) is 0.545. The Morgan fingerprint density at radius 1 is 1.07 bits per heavy atom. The minimum absolute atomic E-state index is 0.0676. The highest BCUT2D eigenvalue weighted by Crippen LogP contribution is 2.29. The summed E-state index contributed by atoms with van der Waals surface area (Å²) in [7, 11) is 0. The average molecular weight is 419 g/mol. The van der Waals surface area contributed by atoms with Crippen LogP contribution in [0, 0.1) is 0 Å². The number of rotatable bonds is 8. The SMILES string of the molecule is CC(NC(=O)CSc1nnc(SCC(N)=O)s1)c1cccc2ccccc12. The molecule has 0 aliphatic carbocycles. The molecular weight excluding hydrogens is 400 g/mol. The van der Waals surface area contributed by atoms with Gasteiger partial charge in [-0.25, -0.2) is 0 Å². The summed E-state index contributed by atoms with van der Waals surface area (Å²) in [5, 5.41) is 13.3. The van der Waals surface area contributed by atoms with Crippen molar-refractivity contribution in [1.82, 2.24) is 15.5 Å². The molecule has 27 heavy (non-hydrogen) atoms. The van der Waals surface area contributed by atoms with E-state index < -0.39 is 5.91 Å². The number of carbonyl (C=O) groups is 2. The zero-order chi connectivity index (χ0) is 19.2. The van der Waals surface area contributed by atoms with Crippen LogP contribution in [0.1, 0.15) is 18.5 Å². The first-order valence-corrected chi connectivity index (χ1v) is 11.0. The van der Waals surface area contributed by atoms with Crippen molar-refractivity contribution < 1.29 is 9.59 Å². The van der Waals surface area contributed by atoms with E-state index in [0.29, 0.717) is 8.68 Å². The second kappa shape index (κ2) is 9.20. The van der Waals surface area contributed by atoms with Crippen LogP contribution in [0.2, 0.25) is 0 Å². The van der Waals surface area contributed by atoms with Crippen LogP contribution in [-0.4, -0.2) is 33.5 Å². The van der Waals surface area contributed by atoms with Crippen molar-refractivity contribution >= 4 is 57.4 Å². The minimum atomic E-state index is -0.397. The highest BCUT2D eigenvalue weighted by atomic mass is 32.2. The molecule has 0 fully saturated rings. The number of benzene rings is 2. The van der Waals surface area contributed by atoms with Crippen molar-refractivity contribution in [1.29, 1.82) is 0 Å². The molecule has 9 heteroatoms. The van der Waals surface area contributed by atoms with Crippen LogP contribution in [-0.2, 0) is 9.59 Å². The second-order valence-electron chi connectivity index (χ2n) is 5.74. The smallest absolute Gasteiger partial charge is 0.230 e. The van der Waals surface area contributed by atoms with Crippen molar-refractivity contribution in [3.05, 3.63) is 48.0 Å². The molecule has 3 aromatic rings. The summed E-state index contributed by atoms with van der Waals surface area (Å²) in [4.78, 5) is 23.1. The Bertz CT molecular complexity index is 955. The molecule has 140 valence electrons. The fourth-order valence-electron chi connectivity index (χ4n) is 2.56. The molecule has 1 unspecified atom stereocenters. The lowest BCUT2D eigenvalue weighted by atomic mass is 10.00. The summed E-state index contributed by atoms with van der Waals surface area (Å²) in [6.45, 7) is 1.98. The molecule has 0 aliphatic heterocycles. The zero-order valence-corrected chi connectivity index (χ0v) is 17.0. The van der Waals surface area contributed by atoms with Crippen LogP contribution in [0.25, 0.3) is 10.8 Å². The third-order valence-electron chi connectivity index (χ3n) is 3.72. The highest BCUT2D eigenvalue weighted by molar-refractivity contribution is 8.03. The molecule has 0 radical (unpaired) electrons. The van der Waals surface area contributed by atoms with Gasteiger partial charge in [-0.1, -0.05) is 77.3 Å². The summed E-state index contributed by atoms with van der Waals surface area (Å²) in [5.41, 5.74) is 6.20. The summed E-state index contributed by atoms with van der Waals surface area (Å²) in [6, 6.07) is 14.1. The predicted octanol–water partition coefficient (Wildman–Crippen LogP) is 3.24. The van der Waals surface area contributed by atoms with E-state index in [1.807, 2.05) is 31.2 Å². The van der Waals surface area contributed by atoms with Crippen LogP contribution >= 0.6 is 34.9 Å². The Morgan fingerprint density at radius 3 is 2.48 bits per heavy atom. The summed E-state index contributed by atoms with van der Waals surface area (Å²) in [6.07, 6.45) is 0. The number of thioether (sulfide) groups is 2. The van der Waals surface area contributed by atoms with Gasteiger partial charge in [0.15, 0.2) is 8.68 Å². The zero-order valence-electron chi connectivity index (χ0n) is 14.5. The lowest BCUT2D eigenvalue weighted by molar-refractivity contribution is -0.119. The predicted molar refractivity (Wildman–Crippen MR) is 111 cm³/mol. The van der Waals surface area contributed by atoms with Crippen LogP contribution in [0.15, 0.2) is 51.1 Å². The number of fused-ring (bicyclic) bond motifs is 1. The van der Waals surface area contributed by atoms with Gasteiger partial charge in [-0.05, 0) is 23.3 Å². The monoisotopic (exact) mass is 418 g/mol. The van der Waals surface area contributed by atoms with E-state index in [1.54, 1.807) is 0 Å². The van der Waals surface area contributed by atoms with Crippen molar-refractivity contribution in [3.63, 3.8) is 0 Å². The van der Waals surface area contributed by atoms with Crippen LogP contribution in [0.5, 0.6) is 0 Å². The Hall–Kier alpha value is -2.10. The average Bonchev–Trinajstić information content (AvgIpc) is 3.12. The lowest BCUT2D eigenvalue weighted by Gasteiger charge is -2.16. The molecule has 3 rings (SSSR count). The molecule has 2 aromatic carbocycles. The van der Waals surface area contributed by atoms with E-state index in [-0.39, 0.29) is 23.5 Å². The van der Waals surface area contributed by atoms with Gasteiger partial charge in [0.05, 0.1) is 17.5 Å². The number of primary amides is 1. The van der Waals surface area contributed by atoms with Crippen LogP contribution in [0.3, 0.4) is 0 Å². The van der Waals surface area contributed by atoms with Crippen molar-refractivity contribution in [2.75, 3.05) is 11.5 Å². The van der Waals surface area contributed by atoms with E-state index in [1.165, 1.54) is 34.9 Å². The lowest BCUT2D eigenvalue weighted by Crippen LogP contribution is -2.28. The largest absolute Gasteiger partial charge is 0.369 e. The van der Waals surface area contributed by atoms with Crippen molar-refractivity contribution in [3.8, 4) is 0 Å².